The van der Waals surface area contributed by atoms with Gasteiger partial charge in [0.05, 0.1) is 4.90 Å². The fourth-order valence-electron chi connectivity index (χ4n) is 1.82. The van der Waals surface area contributed by atoms with Crippen LogP contribution in [0.2, 0.25) is 0 Å². The molecule has 0 fully saturated rings. The van der Waals surface area contributed by atoms with Crippen molar-refractivity contribution >= 4 is 10.0 Å². The Hall–Kier alpha value is -0.910. The smallest absolute Gasteiger partial charge is 0.241 e. The number of benzene rings is 1. The van der Waals surface area contributed by atoms with Gasteiger partial charge in [-0.2, -0.15) is 0 Å². The van der Waals surface area contributed by atoms with Gasteiger partial charge in [-0.3, -0.25) is 0 Å². The van der Waals surface area contributed by atoms with Crippen LogP contribution in [-0.4, -0.2) is 20.5 Å². The summed E-state index contributed by atoms with van der Waals surface area (Å²) in [6.45, 7) is 10.5. The molecule has 0 saturated carbocycles. The van der Waals surface area contributed by atoms with E-state index in [4.69, 9.17) is 0 Å². The highest BCUT2D eigenvalue weighted by Crippen LogP contribution is 2.17. The third kappa shape index (κ3) is 4.93. The van der Waals surface area contributed by atoms with E-state index in [1.165, 1.54) is 0 Å². The van der Waals surface area contributed by atoms with Crippen molar-refractivity contribution in [1.82, 2.24) is 10.0 Å². The first-order chi connectivity index (χ1) is 8.65. The summed E-state index contributed by atoms with van der Waals surface area (Å²) in [4.78, 5) is 0.301. The molecule has 0 spiro atoms. The third-order valence-corrected chi connectivity index (χ3v) is 4.42. The van der Waals surface area contributed by atoms with Crippen molar-refractivity contribution in [3.63, 3.8) is 0 Å². The average molecular weight is 284 g/mol. The summed E-state index contributed by atoms with van der Waals surface area (Å²) in [5, 5.41) is 3.29. The molecule has 1 unspecified atom stereocenters. The zero-order chi connectivity index (χ0) is 14.7. The number of nitrogens with one attached hydrogen (secondary N) is 2. The van der Waals surface area contributed by atoms with Crippen LogP contribution in [0, 0.1) is 0 Å². The van der Waals surface area contributed by atoms with Gasteiger partial charge in [-0.1, -0.05) is 19.1 Å². The summed E-state index contributed by atoms with van der Waals surface area (Å²) in [5.41, 5.74) is 0.603. The van der Waals surface area contributed by atoms with E-state index in [0.717, 1.165) is 12.1 Å². The van der Waals surface area contributed by atoms with Gasteiger partial charge < -0.3 is 5.32 Å². The molecule has 0 aliphatic heterocycles. The first-order valence-corrected chi connectivity index (χ1v) is 8.01. The Labute approximate surface area is 116 Å². The van der Waals surface area contributed by atoms with Gasteiger partial charge in [0.2, 0.25) is 10.0 Å². The van der Waals surface area contributed by atoms with Gasteiger partial charge in [0.25, 0.3) is 0 Å². The van der Waals surface area contributed by atoms with Gasteiger partial charge in [0.15, 0.2) is 0 Å². The van der Waals surface area contributed by atoms with Crippen molar-refractivity contribution in [1.29, 1.82) is 0 Å². The molecule has 5 heteroatoms. The molecule has 1 aromatic rings. The van der Waals surface area contributed by atoms with Crippen molar-refractivity contribution in [2.45, 2.75) is 51.1 Å². The zero-order valence-electron chi connectivity index (χ0n) is 12.3. The zero-order valence-corrected chi connectivity index (χ0v) is 13.1. The van der Waals surface area contributed by atoms with Crippen LogP contribution in [0.3, 0.4) is 0 Å². The lowest BCUT2D eigenvalue weighted by molar-refractivity contribution is 0.491. The molecular weight excluding hydrogens is 260 g/mol. The SMILES string of the molecule is CCNC(C)c1ccc(S(=O)(=O)NC(C)(C)C)cc1. The largest absolute Gasteiger partial charge is 0.310 e. The second-order valence-corrected chi connectivity index (χ2v) is 7.39. The summed E-state index contributed by atoms with van der Waals surface area (Å²) >= 11 is 0. The van der Waals surface area contributed by atoms with Crippen LogP contribution in [0.15, 0.2) is 29.2 Å². The highest BCUT2D eigenvalue weighted by Gasteiger charge is 2.21. The van der Waals surface area contributed by atoms with Crippen LogP contribution >= 0.6 is 0 Å². The van der Waals surface area contributed by atoms with Crippen LogP contribution in [0.4, 0.5) is 0 Å². The van der Waals surface area contributed by atoms with E-state index < -0.39 is 15.6 Å². The lowest BCUT2D eigenvalue weighted by atomic mass is 10.1. The Morgan fingerprint density at radius 1 is 1.16 bits per heavy atom. The molecule has 108 valence electrons. The molecule has 1 atom stereocenters. The molecule has 0 amide bonds. The number of hydrogen-bond donors (Lipinski definition) is 2. The van der Waals surface area contributed by atoms with Crippen LogP contribution in [-0.2, 0) is 10.0 Å². The molecule has 0 bridgehead atoms. The predicted molar refractivity (Wildman–Crippen MR) is 78.6 cm³/mol. The fraction of sp³-hybridized carbons (Fsp3) is 0.571. The topological polar surface area (TPSA) is 58.2 Å². The van der Waals surface area contributed by atoms with Crippen LogP contribution in [0.25, 0.3) is 0 Å². The van der Waals surface area contributed by atoms with Crippen LogP contribution in [0.5, 0.6) is 0 Å². The maximum Gasteiger partial charge on any atom is 0.241 e. The molecule has 0 saturated heterocycles. The third-order valence-electron chi connectivity index (χ3n) is 2.64. The summed E-state index contributed by atoms with van der Waals surface area (Å²) < 4.78 is 26.9. The molecule has 1 rings (SSSR count). The van der Waals surface area contributed by atoms with Crippen LogP contribution in [0.1, 0.15) is 46.2 Å². The Bertz CT molecular complexity index is 501. The second-order valence-electron chi connectivity index (χ2n) is 5.70. The minimum absolute atomic E-state index is 0.220. The molecule has 2 N–H and O–H groups in total. The van der Waals surface area contributed by atoms with Crippen molar-refractivity contribution in [2.24, 2.45) is 0 Å². The minimum atomic E-state index is -3.44. The first kappa shape index (κ1) is 16.1. The highest BCUT2D eigenvalue weighted by molar-refractivity contribution is 7.89. The van der Waals surface area contributed by atoms with E-state index in [1.54, 1.807) is 12.1 Å². The first-order valence-electron chi connectivity index (χ1n) is 6.53. The summed E-state index contributed by atoms with van der Waals surface area (Å²) in [6.07, 6.45) is 0. The van der Waals surface area contributed by atoms with Crippen molar-refractivity contribution in [2.75, 3.05) is 6.54 Å². The van der Waals surface area contributed by atoms with Crippen molar-refractivity contribution in [3.05, 3.63) is 29.8 Å². The van der Waals surface area contributed by atoms with E-state index in [0.29, 0.717) is 4.90 Å². The molecule has 0 radical (unpaired) electrons. The Kier molecular flexibility index (Phi) is 5.12. The maximum atomic E-state index is 12.1. The fourth-order valence-corrected chi connectivity index (χ4v) is 3.24. The summed E-state index contributed by atoms with van der Waals surface area (Å²) in [7, 11) is -3.44. The van der Waals surface area contributed by atoms with Gasteiger partial charge in [0.1, 0.15) is 0 Å². The molecule has 0 aromatic heterocycles. The van der Waals surface area contributed by atoms with Gasteiger partial charge in [-0.15, -0.1) is 0 Å². The normalized spacial score (nSPS) is 14.4. The average Bonchev–Trinajstić information content (AvgIpc) is 2.26. The molecule has 19 heavy (non-hydrogen) atoms. The van der Waals surface area contributed by atoms with Gasteiger partial charge in [-0.05, 0) is 51.9 Å². The minimum Gasteiger partial charge on any atom is -0.310 e. The number of sulfonamides is 1. The molecule has 0 aliphatic carbocycles. The van der Waals surface area contributed by atoms with Crippen molar-refractivity contribution in [3.8, 4) is 0 Å². The standard InChI is InChI=1S/C14H24N2O2S/c1-6-15-11(2)12-7-9-13(10-8-12)19(17,18)16-14(3,4)5/h7-11,15-16H,6H2,1-5H3. The number of hydrogen-bond acceptors (Lipinski definition) is 3. The molecular formula is C14H24N2O2S. The Morgan fingerprint density at radius 3 is 2.11 bits per heavy atom. The summed E-state index contributed by atoms with van der Waals surface area (Å²) in [5.74, 6) is 0. The predicted octanol–water partition coefficient (Wildman–Crippen LogP) is 2.43. The molecule has 4 nitrogen and oxygen atoms in total. The quantitative estimate of drug-likeness (QED) is 0.873. The van der Waals surface area contributed by atoms with E-state index in [9.17, 15) is 8.42 Å². The monoisotopic (exact) mass is 284 g/mol. The molecule has 0 heterocycles. The molecule has 0 aliphatic rings. The van der Waals surface area contributed by atoms with Gasteiger partial charge in [-0.25, -0.2) is 13.1 Å². The second kappa shape index (κ2) is 6.03. The van der Waals surface area contributed by atoms with E-state index >= 15 is 0 Å². The Balaban J connectivity index is 2.93. The van der Waals surface area contributed by atoms with Gasteiger partial charge in [0, 0.05) is 11.6 Å². The molecule has 1 aromatic carbocycles. The van der Waals surface area contributed by atoms with E-state index in [2.05, 4.69) is 17.0 Å². The lowest BCUT2D eigenvalue weighted by Gasteiger charge is -2.20. The summed E-state index contributed by atoms with van der Waals surface area (Å²) in [6, 6.07) is 7.22. The van der Waals surface area contributed by atoms with Crippen LogP contribution < -0.4 is 10.0 Å². The van der Waals surface area contributed by atoms with Gasteiger partial charge >= 0.3 is 0 Å². The lowest BCUT2D eigenvalue weighted by Crippen LogP contribution is -2.40. The number of rotatable bonds is 5. The maximum absolute atomic E-state index is 12.1. The van der Waals surface area contributed by atoms with E-state index in [-0.39, 0.29) is 6.04 Å². The van der Waals surface area contributed by atoms with E-state index in [1.807, 2.05) is 39.8 Å². The van der Waals surface area contributed by atoms with Crippen molar-refractivity contribution < 1.29 is 8.42 Å². The Morgan fingerprint density at radius 2 is 1.68 bits per heavy atom. The highest BCUT2D eigenvalue weighted by atomic mass is 32.2.